The van der Waals surface area contributed by atoms with E-state index in [1.165, 1.54) is 6.04 Å². The number of aromatic nitrogens is 2. The van der Waals surface area contributed by atoms with Gasteiger partial charge in [0.15, 0.2) is 0 Å². The maximum absolute atomic E-state index is 5.86. The lowest BCUT2D eigenvalue weighted by molar-refractivity contribution is 0.0781. The van der Waals surface area contributed by atoms with E-state index >= 15 is 0 Å². The van der Waals surface area contributed by atoms with Crippen LogP contribution < -0.4 is 4.74 Å². The van der Waals surface area contributed by atoms with Crippen LogP contribution in [0.1, 0.15) is 13.8 Å². The molecule has 0 saturated heterocycles. The molecule has 1 aromatic heterocycles. The van der Waals surface area contributed by atoms with Crippen LogP contribution in [-0.4, -0.2) is 30.3 Å². The fraction of sp³-hybridized carbons (Fsp3) is 0.562. The standard InChI is InChI=1S/C16H26N2O2Si/c1-13(2)20-16-17-14-8-6-7-9-15(14)18(16)12-19-10-11-21(3,4)5/h6-9,13H,10-12H2,1-5H3. The zero-order valence-electron chi connectivity index (χ0n) is 13.7. The fourth-order valence-corrected chi connectivity index (χ4v) is 2.77. The third kappa shape index (κ3) is 4.57. The van der Waals surface area contributed by atoms with E-state index < -0.39 is 8.07 Å². The number of imidazole rings is 1. The predicted molar refractivity (Wildman–Crippen MR) is 89.6 cm³/mol. The van der Waals surface area contributed by atoms with Crippen molar-refractivity contribution in [1.82, 2.24) is 9.55 Å². The van der Waals surface area contributed by atoms with Crippen molar-refractivity contribution < 1.29 is 9.47 Å². The van der Waals surface area contributed by atoms with Gasteiger partial charge in [-0.05, 0) is 32.0 Å². The summed E-state index contributed by atoms with van der Waals surface area (Å²) in [6.45, 7) is 12.4. The minimum atomic E-state index is -1.05. The van der Waals surface area contributed by atoms with Gasteiger partial charge in [-0.15, -0.1) is 0 Å². The fourth-order valence-electron chi connectivity index (χ4n) is 2.01. The first-order valence-electron chi connectivity index (χ1n) is 7.56. The van der Waals surface area contributed by atoms with E-state index in [0.29, 0.717) is 12.7 Å². The summed E-state index contributed by atoms with van der Waals surface area (Å²) in [5, 5.41) is 0. The number of ether oxygens (including phenoxy) is 2. The highest BCUT2D eigenvalue weighted by molar-refractivity contribution is 6.76. The number of hydrogen-bond donors (Lipinski definition) is 0. The maximum atomic E-state index is 5.86. The van der Waals surface area contributed by atoms with Gasteiger partial charge in [-0.25, -0.2) is 0 Å². The average molecular weight is 306 g/mol. The Labute approximate surface area is 128 Å². The molecule has 0 aliphatic heterocycles. The van der Waals surface area contributed by atoms with Crippen LogP contribution >= 0.6 is 0 Å². The van der Waals surface area contributed by atoms with E-state index in [2.05, 4.69) is 30.7 Å². The summed E-state index contributed by atoms with van der Waals surface area (Å²) in [6.07, 6.45) is 0.0996. The Bertz CT molecular complexity index is 587. The normalized spacial score (nSPS) is 12.3. The van der Waals surface area contributed by atoms with Gasteiger partial charge in [-0.1, -0.05) is 31.8 Å². The molecule has 0 aliphatic rings. The highest BCUT2D eigenvalue weighted by atomic mass is 28.3. The zero-order chi connectivity index (χ0) is 15.5. The monoisotopic (exact) mass is 306 g/mol. The molecule has 0 N–H and O–H groups in total. The van der Waals surface area contributed by atoms with Gasteiger partial charge in [0.05, 0.1) is 17.1 Å². The second-order valence-electron chi connectivity index (χ2n) is 6.83. The molecule has 0 amide bonds. The first kappa shape index (κ1) is 16.0. The molecule has 0 fully saturated rings. The summed E-state index contributed by atoms with van der Waals surface area (Å²) >= 11 is 0. The summed E-state index contributed by atoms with van der Waals surface area (Å²) in [5.74, 6) is 0. The van der Waals surface area contributed by atoms with Crippen LogP contribution in [0.15, 0.2) is 24.3 Å². The van der Waals surface area contributed by atoms with Gasteiger partial charge in [0, 0.05) is 14.7 Å². The SMILES string of the molecule is CC(C)Oc1nc2ccccc2n1COCC[Si](C)(C)C. The van der Waals surface area contributed by atoms with Crippen LogP contribution in [0.4, 0.5) is 0 Å². The van der Waals surface area contributed by atoms with E-state index in [1.54, 1.807) is 0 Å². The van der Waals surface area contributed by atoms with E-state index in [9.17, 15) is 0 Å². The second kappa shape index (κ2) is 6.62. The van der Waals surface area contributed by atoms with Crippen molar-refractivity contribution in [1.29, 1.82) is 0 Å². The summed E-state index contributed by atoms with van der Waals surface area (Å²) < 4.78 is 13.7. The van der Waals surface area contributed by atoms with Crippen LogP contribution in [0.3, 0.4) is 0 Å². The van der Waals surface area contributed by atoms with E-state index in [1.807, 2.05) is 36.6 Å². The van der Waals surface area contributed by atoms with Gasteiger partial charge in [0.1, 0.15) is 6.73 Å². The van der Waals surface area contributed by atoms with Gasteiger partial charge >= 0.3 is 0 Å². The van der Waals surface area contributed by atoms with Crippen molar-refractivity contribution in [2.75, 3.05) is 6.61 Å². The molecule has 21 heavy (non-hydrogen) atoms. The number of fused-ring (bicyclic) bond motifs is 1. The Morgan fingerprint density at radius 3 is 2.57 bits per heavy atom. The van der Waals surface area contributed by atoms with Crippen molar-refractivity contribution >= 4 is 19.1 Å². The van der Waals surface area contributed by atoms with E-state index in [-0.39, 0.29) is 6.10 Å². The smallest absolute Gasteiger partial charge is 0.299 e. The summed E-state index contributed by atoms with van der Waals surface area (Å²) in [5.41, 5.74) is 2.00. The zero-order valence-corrected chi connectivity index (χ0v) is 14.7. The second-order valence-corrected chi connectivity index (χ2v) is 12.4. The molecule has 1 heterocycles. The Balaban J connectivity index is 2.12. The topological polar surface area (TPSA) is 36.3 Å². The lowest BCUT2D eigenvalue weighted by atomic mass is 10.3. The Morgan fingerprint density at radius 2 is 1.90 bits per heavy atom. The summed E-state index contributed by atoms with van der Waals surface area (Å²) in [7, 11) is -1.05. The van der Waals surface area contributed by atoms with Gasteiger partial charge in [-0.2, -0.15) is 4.98 Å². The molecular formula is C16H26N2O2Si. The molecule has 116 valence electrons. The van der Waals surface area contributed by atoms with Crippen LogP contribution in [0.2, 0.25) is 25.7 Å². The van der Waals surface area contributed by atoms with Gasteiger partial charge < -0.3 is 9.47 Å². The number of benzene rings is 1. The highest BCUT2D eigenvalue weighted by Gasteiger charge is 2.15. The van der Waals surface area contributed by atoms with Crippen LogP contribution in [0.5, 0.6) is 6.01 Å². The van der Waals surface area contributed by atoms with Crippen molar-refractivity contribution in [2.24, 2.45) is 0 Å². The van der Waals surface area contributed by atoms with Crippen molar-refractivity contribution in [3.8, 4) is 6.01 Å². The number of nitrogens with zero attached hydrogens (tertiary/aromatic N) is 2. The molecule has 2 rings (SSSR count). The molecule has 0 unspecified atom stereocenters. The largest absolute Gasteiger partial charge is 0.462 e. The van der Waals surface area contributed by atoms with Gasteiger partial charge in [0.2, 0.25) is 0 Å². The van der Waals surface area contributed by atoms with Crippen LogP contribution in [0.25, 0.3) is 11.0 Å². The molecule has 2 aromatic rings. The van der Waals surface area contributed by atoms with Crippen molar-refractivity contribution in [2.45, 2.75) is 52.4 Å². The summed E-state index contributed by atoms with van der Waals surface area (Å²) in [4.78, 5) is 4.55. The Morgan fingerprint density at radius 1 is 1.19 bits per heavy atom. The summed E-state index contributed by atoms with van der Waals surface area (Å²) in [6, 6.07) is 9.87. The van der Waals surface area contributed by atoms with Crippen molar-refractivity contribution in [3.63, 3.8) is 0 Å². The molecule has 0 saturated carbocycles. The molecule has 4 nitrogen and oxygen atoms in total. The first-order valence-corrected chi connectivity index (χ1v) is 11.3. The quantitative estimate of drug-likeness (QED) is 0.570. The molecular weight excluding hydrogens is 280 g/mol. The van der Waals surface area contributed by atoms with Crippen LogP contribution in [-0.2, 0) is 11.5 Å². The lowest BCUT2D eigenvalue weighted by Gasteiger charge is -2.16. The maximum Gasteiger partial charge on any atom is 0.299 e. The first-order chi connectivity index (χ1) is 9.87. The molecule has 0 radical (unpaired) electrons. The molecule has 5 heteroatoms. The van der Waals surface area contributed by atoms with E-state index in [0.717, 1.165) is 17.6 Å². The lowest BCUT2D eigenvalue weighted by Crippen LogP contribution is -2.22. The van der Waals surface area contributed by atoms with Gasteiger partial charge in [0.25, 0.3) is 6.01 Å². The molecule has 0 bridgehead atoms. The molecule has 0 atom stereocenters. The molecule has 0 aliphatic carbocycles. The molecule has 0 spiro atoms. The Hall–Kier alpha value is -1.33. The minimum Gasteiger partial charge on any atom is -0.462 e. The van der Waals surface area contributed by atoms with E-state index in [4.69, 9.17) is 9.47 Å². The average Bonchev–Trinajstić information content (AvgIpc) is 2.70. The van der Waals surface area contributed by atoms with Crippen LogP contribution in [0, 0.1) is 0 Å². The number of hydrogen-bond acceptors (Lipinski definition) is 3. The highest BCUT2D eigenvalue weighted by Crippen LogP contribution is 2.22. The Kier molecular flexibility index (Phi) is 5.06. The van der Waals surface area contributed by atoms with Crippen molar-refractivity contribution in [3.05, 3.63) is 24.3 Å². The number of rotatable bonds is 7. The minimum absolute atomic E-state index is 0.0996. The third-order valence-electron chi connectivity index (χ3n) is 3.18. The third-order valence-corrected chi connectivity index (χ3v) is 4.88. The predicted octanol–water partition coefficient (Wildman–Crippen LogP) is 4.14. The number of para-hydroxylation sites is 2. The van der Waals surface area contributed by atoms with Gasteiger partial charge in [-0.3, -0.25) is 4.57 Å². The molecule has 1 aromatic carbocycles.